The number of unbranched alkanes of at least 4 members (excludes halogenated alkanes) is 3. The molecule has 1 fully saturated rings. The standard InChI is InChI=1S/C11H24N2O2/c12-9-11-10-15-8-6-13(11)5-3-1-2-4-7-14/h11,14H,1-10,12H2. The highest BCUT2D eigenvalue weighted by Crippen LogP contribution is 2.08. The second-order valence-corrected chi connectivity index (χ2v) is 4.14. The van der Waals surface area contributed by atoms with E-state index in [0.29, 0.717) is 19.2 Å². The van der Waals surface area contributed by atoms with Crippen LogP contribution in [0.1, 0.15) is 25.7 Å². The molecule has 0 amide bonds. The molecule has 1 aliphatic rings. The molecule has 1 unspecified atom stereocenters. The van der Waals surface area contributed by atoms with Crippen molar-refractivity contribution >= 4 is 0 Å². The molecule has 0 radical (unpaired) electrons. The van der Waals surface area contributed by atoms with Crippen LogP contribution in [-0.2, 0) is 4.74 Å². The van der Waals surface area contributed by atoms with Crippen molar-refractivity contribution in [3.63, 3.8) is 0 Å². The predicted octanol–water partition coefficient (Wildman–Crippen LogP) is 0.199. The first-order valence-electron chi connectivity index (χ1n) is 6.01. The lowest BCUT2D eigenvalue weighted by molar-refractivity contribution is -0.00448. The van der Waals surface area contributed by atoms with Gasteiger partial charge in [0.1, 0.15) is 0 Å². The Morgan fingerprint density at radius 1 is 1.27 bits per heavy atom. The van der Waals surface area contributed by atoms with Crippen LogP contribution in [0, 0.1) is 0 Å². The van der Waals surface area contributed by atoms with Crippen LogP contribution in [0.3, 0.4) is 0 Å². The highest BCUT2D eigenvalue weighted by atomic mass is 16.5. The fraction of sp³-hybridized carbons (Fsp3) is 1.00. The maximum Gasteiger partial charge on any atom is 0.0634 e. The minimum Gasteiger partial charge on any atom is -0.396 e. The third kappa shape index (κ3) is 4.93. The summed E-state index contributed by atoms with van der Waals surface area (Å²) >= 11 is 0. The van der Waals surface area contributed by atoms with Gasteiger partial charge in [0.2, 0.25) is 0 Å². The second-order valence-electron chi connectivity index (χ2n) is 4.14. The van der Waals surface area contributed by atoms with E-state index in [9.17, 15) is 0 Å². The lowest BCUT2D eigenvalue weighted by Gasteiger charge is -2.34. The van der Waals surface area contributed by atoms with E-state index in [1.54, 1.807) is 0 Å². The zero-order valence-corrected chi connectivity index (χ0v) is 9.53. The van der Waals surface area contributed by atoms with Crippen LogP contribution in [0.5, 0.6) is 0 Å². The normalized spacial score (nSPS) is 23.2. The van der Waals surface area contributed by atoms with E-state index in [-0.39, 0.29) is 0 Å². The van der Waals surface area contributed by atoms with Gasteiger partial charge < -0.3 is 15.6 Å². The molecule has 15 heavy (non-hydrogen) atoms. The van der Waals surface area contributed by atoms with Gasteiger partial charge in [0.15, 0.2) is 0 Å². The van der Waals surface area contributed by atoms with Crippen LogP contribution in [-0.4, -0.2) is 55.5 Å². The largest absolute Gasteiger partial charge is 0.396 e. The van der Waals surface area contributed by atoms with E-state index in [0.717, 1.165) is 39.1 Å². The van der Waals surface area contributed by atoms with E-state index in [1.165, 1.54) is 12.8 Å². The Balaban J connectivity index is 2.07. The molecule has 0 aromatic rings. The number of ether oxygens (including phenoxy) is 1. The van der Waals surface area contributed by atoms with E-state index >= 15 is 0 Å². The van der Waals surface area contributed by atoms with Crippen LogP contribution in [0.4, 0.5) is 0 Å². The number of hydrogen-bond donors (Lipinski definition) is 2. The smallest absolute Gasteiger partial charge is 0.0634 e. The molecule has 3 N–H and O–H groups in total. The van der Waals surface area contributed by atoms with Gasteiger partial charge in [0.25, 0.3) is 0 Å². The summed E-state index contributed by atoms with van der Waals surface area (Å²) in [6.07, 6.45) is 4.48. The molecule has 0 saturated carbocycles. The fourth-order valence-corrected chi connectivity index (χ4v) is 1.98. The Bertz CT molecular complexity index is 156. The Hall–Kier alpha value is -0.160. The molecule has 1 atom stereocenters. The molecule has 0 spiro atoms. The molecule has 1 heterocycles. The van der Waals surface area contributed by atoms with Gasteiger partial charge in [-0.05, 0) is 19.4 Å². The zero-order chi connectivity index (χ0) is 10.9. The summed E-state index contributed by atoms with van der Waals surface area (Å²) in [5, 5.41) is 8.65. The number of rotatable bonds is 7. The molecule has 1 rings (SSSR count). The van der Waals surface area contributed by atoms with Crippen molar-refractivity contribution in [1.82, 2.24) is 4.90 Å². The maximum atomic E-state index is 8.65. The molecule has 1 aliphatic heterocycles. The van der Waals surface area contributed by atoms with Crippen molar-refractivity contribution in [2.45, 2.75) is 31.7 Å². The Morgan fingerprint density at radius 3 is 2.80 bits per heavy atom. The summed E-state index contributed by atoms with van der Waals surface area (Å²) in [6, 6.07) is 0.414. The van der Waals surface area contributed by atoms with Gasteiger partial charge in [0.05, 0.1) is 13.2 Å². The Morgan fingerprint density at radius 2 is 2.07 bits per heavy atom. The van der Waals surface area contributed by atoms with E-state index < -0.39 is 0 Å². The number of hydrogen-bond acceptors (Lipinski definition) is 4. The number of aliphatic hydroxyl groups excluding tert-OH is 1. The van der Waals surface area contributed by atoms with Crippen molar-refractivity contribution in [3.05, 3.63) is 0 Å². The SMILES string of the molecule is NCC1COCCN1CCCCCCO. The number of morpholine rings is 1. The third-order valence-corrected chi connectivity index (χ3v) is 2.97. The summed E-state index contributed by atoms with van der Waals surface area (Å²) in [6.45, 7) is 4.78. The topological polar surface area (TPSA) is 58.7 Å². The molecule has 90 valence electrons. The van der Waals surface area contributed by atoms with Crippen molar-refractivity contribution in [1.29, 1.82) is 0 Å². The number of nitrogens with two attached hydrogens (primary N) is 1. The van der Waals surface area contributed by atoms with Gasteiger partial charge >= 0.3 is 0 Å². The summed E-state index contributed by atoms with van der Waals surface area (Å²) in [7, 11) is 0. The fourth-order valence-electron chi connectivity index (χ4n) is 1.98. The summed E-state index contributed by atoms with van der Waals surface area (Å²) < 4.78 is 5.39. The molecule has 1 saturated heterocycles. The number of aliphatic hydroxyl groups is 1. The minimum atomic E-state index is 0.322. The van der Waals surface area contributed by atoms with Gasteiger partial charge in [-0.1, -0.05) is 12.8 Å². The maximum absolute atomic E-state index is 8.65. The highest BCUT2D eigenvalue weighted by Gasteiger charge is 2.20. The van der Waals surface area contributed by atoms with E-state index in [1.807, 2.05) is 0 Å². The quantitative estimate of drug-likeness (QED) is 0.597. The molecule has 0 bridgehead atoms. The lowest BCUT2D eigenvalue weighted by Crippen LogP contribution is -2.49. The summed E-state index contributed by atoms with van der Waals surface area (Å²) in [4.78, 5) is 2.43. The van der Waals surface area contributed by atoms with Gasteiger partial charge in [-0.3, -0.25) is 4.90 Å². The van der Waals surface area contributed by atoms with Gasteiger partial charge in [-0.25, -0.2) is 0 Å². The first-order valence-corrected chi connectivity index (χ1v) is 6.01. The van der Waals surface area contributed by atoms with Crippen LogP contribution in [0.2, 0.25) is 0 Å². The predicted molar refractivity (Wildman–Crippen MR) is 60.8 cm³/mol. The van der Waals surface area contributed by atoms with Crippen LogP contribution < -0.4 is 5.73 Å². The first kappa shape index (κ1) is 12.9. The van der Waals surface area contributed by atoms with Crippen molar-refractivity contribution in [2.75, 3.05) is 39.5 Å². The van der Waals surface area contributed by atoms with E-state index in [2.05, 4.69) is 4.90 Å². The molecule has 0 aromatic heterocycles. The van der Waals surface area contributed by atoms with Crippen molar-refractivity contribution < 1.29 is 9.84 Å². The van der Waals surface area contributed by atoms with Crippen LogP contribution in [0.25, 0.3) is 0 Å². The minimum absolute atomic E-state index is 0.322. The molecule has 0 aliphatic carbocycles. The zero-order valence-electron chi connectivity index (χ0n) is 9.53. The van der Waals surface area contributed by atoms with Gasteiger partial charge in [-0.2, -0.15) is 0 Å². The van der Waals surface area contributed by atoms with Crippen molar-refractivity contribution in [3.8, 4) is 0 Å². The Kier molecular flexibility index (Phi) is 6.92. The Labute approximate surface area is 92.4 Å². The van der Waals surface area contributed by atoms with Gasteiger partial charge in [-0.15, -0.1) is 0 Å². The first-order chi connectivity index (χ1) is 7.38. The van der Waals surface area contributed by atoms with E-state index in [4.69, 9.17) is 15.6 Å². The van der Waals surface area contributed by atoms with Crippen LogP contribution >= 0.6 is 0 Å². The molecule has 4 nitrogen and oxygen atoms in total. The average Bonchev–Trinajstić information content (AvgIpc) is 2.29. The van der Waals surface area contributed by atoms with Crippen LogP contribution in [0.15, 0.2) is 0 Å². The summed E-state index contributed by atoms with van der Waals surface area (Å²) in [5.74, 6) is 0. The summed E-state index contributed by atoms with van der Waals surface area (Å²) in [5.41, 5.74) is 5.69. The molecular formula is C11H24N2O2. The molecule has 0 aromatic carbocycles. The monoisotopic (exact) mass is 216 g/mol. The van der Waals surface area contributed by atoms with Crippen molar-refractivity contribution in [2.24, 2.45) is 5.73 Å². The van der Waals surface area contributed by atoms with Gasteiger partial charge in [0, 0.05) is 25.7 Å². The second kappa shape index (κ2) is 8.05. The lowest BCUT2D eigenvalue weighted by atomic mass is 10.1. The highest BCUT2D eigenvalue weighted by molar-refractivity contribution is 4.75. The number of nitrogens with zero attached hydrogens (tertiary/aromatic N) is 1. The molecular weight excluding hydrogens is 192 g/mol. The third-order valence-electron chi connectivity index (χ3n) is 2.97. The average molecular weight is 216 g/mol. The molecule has 4 heteroatoms.